The molecule has 2 heterocycles. The molecule has 3 atom stereocenters. The van der Waals surface area contributed by atoms with Crippen LogP contribution in [0.2, 0.25) is 0 Å². The predicted molar refractivity (Wildman–Crippen MR) is 99.4 cm³/mol. The van der Waals surface area contributed by atoms with Gasteiger partial charge in [0, 0.05) is 30.2 Å². The summed E-state index contributed by atoms with van der Waals surface area (Å²) in [5.74, 6) is 0.276. The van der Waals surface area contributed by atoms with Crippen molar-refractivity contribution in [3.8, 4) is 0 Å². The lowest BCUT2D eigenvalue weighted by molar-refractivity contribution is -0.136. The van der Waals surface area contributed by atoms with Gasteiger partial charge in [-0.3, -0.25) is 9.59 Å². The minimum absolute atomic E-state index is 0.0850. The van der Waals surface area contributed by atoms with Crippen LogP contribution in [0.3, 0.4) is 0 Å². The lowest BCUT2D eigenvalue weighted by atomic mass is 9.97. The van der Waals surface area contributed by atoms with Crippen molar-refractivity contribution in [2.45, 2.75) is 71.0 Å². The standard InChI is InChI=1S/C20H29N3O2/c1-13-5-4-6-14(2)23(13)20(25)12-21-15(3)16-7-9-18-17(11-16)8-10-19(24)22-18/h7,9,11,13-15,21H,4-6,8,10,12H2,1-3H3,(H,22,24)/t13-,14-,15-/m0/s1. The molecule has 2 aliphatic rings. The Morgan fingerprint density at radius 2 is 2.00 bits per heavy atom. The number of nitrogens with zero attached hydrogens (tertiary/aromatic N) is 1. The first-order valence-corrected chi connectivity index (χ1v) is 9.43. The fraction of sp³-hybridized carbons (Fsp3) is 0.600. The molecule has 2 aliphatic heterocycles. The molecule has 0 aliphatic carbocycles. The average Bonchev–Trinajstić information content (AvgIpc) is 2.59. The van der Waals surface area contributed by atoms with Crippen molar-refractivity contribution in [2.24, 2.45) is 0 Å². The van der Waals surface area contributed by atoms with Gasteiger partial charge in [-0.15, -0.1) is 0 Å². The number of rotatable bonds is 4. The number of hydrogen-bond acceptors (Lipinski definition) is 3. The third-order valence-electron chi connectivity index (χ3n) is 5.57. The van der Waals surface area contributed by atoms with E-state index in [9.17, 15) is 9.59 Å². The highest BCUT2D eigenvalue weighted by molar-refractivity contribution is 5.93. The van der Waals surface area contributed by atoms with E-state index in [4.69, 9.17) is 0 Å². The number of carbonyl (C=O) groups is 2. The highest BCUT2D eigenvalue weighted by Gasteiger charge is 2.28. The number of benzene rings is 1. The van der Waals surface area contributed by atoms with Gasteiger partial charge < -0.3 is 15.5 Å². The van der Waals surface area contributed by atoms with E-state index in [0.717, 1.165) is 30.5 Å². The normalized spacial score (nSPS) is 24.4. The summed E-state index contributed by atoms with van der Waals surface area (Å²) in [6.45, 7) is 6.74. The zero-order valence-corrected chi connectivity index (χ0v) is 15.5. The Hall–Kier alpha value is -1.88. The van der Waals surface area contributed by atoms with Gasteiger partial charge in [0.2, 0.25) is 11.8 Å². The molecule has 2 N–H and O–H groups in total. The smallest absolute Gasteiger partial charge is 0.237 e. The maximum absolute atomic E-state index is 12.6. The minimum atomic E-state index is 0.0850. The molecule has 5 heteroatoms. The van der Waals surface area contributed by atoms with Crippen LogP contribution in [-0.2, 0) is 16.0 Å². The quantitative estimate of drug-likeness (QED) is 0.883. The maximum Gasteiger partial charge on any atom is 0.237 e. The van der Waals surface area contributed by atoms with Crippen molar-refractivity contribution in [3.05, 3.63) is 29.3 Å². The Morgan fingerprint density at radius 3 is 2.72 bits per heavy atom. The average molecular weight is 343 g/mol. The van der Waals surface area contributed by atoms with Crippen LogP contribution in [0.4, 0.5) is 5.69 Å². The molecule has 1 aromatic rings. The van der Waals surface area contributed by atoms with Gasteiger partial charge in [0.15, 0.2) is 0 Å². The predicted octanol–water partition coefficient (Wildman–Crippen LogP) is 3.01. The minimum Gasteiger partial charge on any atom is -0.336 e. The summed E-state index contributed by atoms with van der Waals surface area (Å²) in [4.78, 5) is 26.1. The summed E-state index contributed by atoms with van der Waals surface area (Å²) in [7, 11) is 0. The molecule has 0 bridgehead atoms. The van der Waals surface area contributed by atoms with E-state index < -0.39 is 0 Å². The number of hydrogen-bond donors (Lipinski definition) is 2. The zero-order valence-electron chi connectivity index (χ0n) is 15.5. The van der Waals surface area contributed by atoms with Crippen molar-refractivity contribution in [1.29, 1.82) is 0 Å². The Morgan fingerprint density at radius 1 is 1.28 bits per heavy atom. The molecule has 0 spiro atoms. The van der Waals surface area contributed by atoms with E-state index in [1.807, 2.05) is 17.0 Å². The van der Waals surface area contributed by atoms with Gasteiger partial charge in [-0.1, -0.05) is 12.1 Å². The van der Waals surface area contributed by atoms with Crippen LogP contribution in [0.5, 0.6) is 0 Å². The number of aryl methyl sites for hydroxylation is 1. The second-order valence-electron chi connectivity index (χ2n) is 7.50. The van der Waals surface area contributed by atoms with Crippen LogP contribution >= 0.6 is 0 Å². The largest absolute Gasteiger partial charge is 0.336 e. The summed E-state index contributed by atoms with van der Waals surface area (Å²) in [5.41, 5.74) is 3.25. The van der Waals surface area contributed by atoms with Crippen LogP contribution in [0, 0.1) is 0 Å². The molecule has 0 unspecified atom stereocenters. The molecule has 0 saturated carbocycles. The van der Waals surface area contributed by atoms with Gasteiger partial charge in [-0.2, -0.15) is 0 Å². The summed E-state index contributed by atoms with van der Waals surface area (Å²) in [6, 6.07) is 6.90. The van der Waals surface area contributed by atoms with E-state index in [-0.39, 0.29) is 17.9 Å². The van der Waals surface area contributed by atoms with Crippen LogP contribution < -0.4 is 10.6 Å². The number of nitrogens with one attached hydrogen (secondary N) is 2. The van der Waals surface area contributed by atoms with Gasteiger partial charge in [-0.25, -0.2) is 0 Å². The van der Waals surface area contributed by atoms with E-state index in [2.05, 4.69) is 37.5 Å². The summed E-state index contributed by atoms with van der Waals surface area (Å²) in [6.07, 6.45) is 4.73. The molecular formula is C20H29N3O2. The van der Waals surface area contributed by atoms with Gasteiger partial charge in [0.1, 0.15) is 0 Å². The Labute approximate surface area is 150 Å². The van der Waals surface area contributed by atoms with Crippen LogP contribution in [0.15, 0.2) is 18.2 Å². The Bertz CT molecular complexity index is 648. The van der Waals surface area contributed by atoms with Gasteiger partial charge in [0.25, 0.3) is 0 Å². The van der Waals surface area contributed by atoms with E-state index in [1.165, 1.54) is 12.0 Å². The molecule has 1 aromatic carbocycles. The van der Waals surface area contributed by atoms with E-state index in [0.29, 0.717) is 25.0 Å². The van der Waals surface area contributed by atoms with Crippen LogP contribution in [0.25, 0.3) is 0 Å². The fourth-order valence-corrected chi connectivity index (χ4v) is 4.04. The number of piperidine rings is 1. The van der Waals surface area contributed by atoms with E-state index >= 15 is 0 Å². The maximum atomic E-state index is 12.6. The lowest BCUT2D eigenvalue weighted by Crippen LogP contribution is -2.50. The van der Waals surface area contributed by atoms with Crippen LogP contribution in [-0.4, -0.2) is 35.3 Å². The molecule has 25 heavy (non-hydrogen) atoms. The summed E-state index contributed by atoms with van der Waals surface area (Å²) in [5, 5.41) is 6.28. The molecule has 5 nitrogen and oxygen atoms in total. The third kappa shape index (κ3) is 4.03. The molecule has 3 rings (SSSR count). The highest BCUT2D eigenvalue weighted by atomic mass is 16.2. The molecule has 2 amide bonds. The first kappa shape index (κ1) is 17.9. The topological polar surface area (TPSA) is 61.4 Å². The van der Waals surface area contributed by atoms with Crippen LogP contribution in [0.1, 0.15) is 63.6 Å². The fourth-order valence-electron chi connectivity index (χ4n) is 4.04. The summed E-state index contributed by atoms with van der Waals surface area (Å²) >= 11 is 0. The second kappa shape index (κ2) is 7.56. The molecular weight excluding hydrogens is 314 g/mol. The summed E-state index contributed by atoms with van der Waals surface area (Å²) < 4.78 is 0. The number of carbonyl (C=O) groups excluding carboxylic acids is 2. The molecule has 136 valence electrons. The lowest BCUT2D eigenvalue weighted by Gasteiger charge is -2.39. The molecule has 1 saturated heterocycles. The van der Waals surface area contributed by atoms with Crippen molar-refractivity contribution >= 4 is 17.5 Å². The number of anilines is 1. The van der Waals surface area contributed by atoms with Gasteiger partial charge in [0.05, 0.1) is 6.54 Å². The van der Waals surface area contributed by atoms with Crippen molar-refractivity contribution < 1.29 is 9.59 Å². The Kier molecular flexibility index (Phi) is 5.42. The molecule has 0 aromatic heterocycles. The number of fused-ring (bicyclic) bond motifs is 1. The van der Waals surface area contributed by atoms with Crippen molar-refractivity contribution in [3.63, 3.8) is 0 Å². The van der Waals surface area contributed by atoms with Gasteiger partial charge >= 0.3 is 0 Å². The number of likely N-dealkylation sites (tertiary alicyclic amines) is 1. The first-order valence-electron chi connectivity index (χ1n) is 9.43. The third-order valence-corrected chi connectivity index (χ3v) is 5.57. The molecule has 1 fully saturated rings. The first-order chi connectivity index (χ1) is 12.0. The monoisotopic (exact) mass is 343 g/mol. The number of amides is 2. The van der Waals surface area contributed by atoms with Crippen molar-refractivity contribution in [1.82, 2.24) is 10.2 Å². The van der Waals surface area contributed by atoms with Gasteiger partial charge in [-0.05, 0) is 63.6 Å². The SMILES string of the molecule is C[C@H](NCC(=O)N1[C@@H](C)CCC[C@@H]1C)c1ccc2c(c1)CCC(=O)N2. The zero-order chi connectivity index (χ0) is 18.0. The van der Waals surface area contributed by atoms with Crippen molar-refractivity contribution in [2.75, 3.05) is 11.9 Å². The van der Waals surface area contributed by atoms with E-state index in [1.54, 1.807) is 0 Å². The second-order valence-corrected chi connectivity index (χ2v) is 7.50. The highest BCUT2D eigenvalue weighted by Crippen LogP contribution is 2.26. The Balaban J connectivity index is 1.60. The molecule has 0 radical (unpaired) electrons.